The summed E-state index contributed by atoms with van der Waals surface area (Å²) in [5, 5.41) is 15.5. The van der Waals surface area contributed by atoms with Gasteiger partial charge in [-0.05, 0) is 39.7 Å². The topological polar surface area (TPSA) is 58.5 Å². The smallest absolute Gasteiger partial charge is 0.0656 e. The number of aryl methyl sites for hydroxylation is 1. The second-order valence-corrected chi connectivity index (χ2v) is 5.70. The van der Waals surface area contributed by atoms with Gasteiger partial charge in [-0.3, -0.25) is 9.78 Å². The average Bonchev–Trinajstić information content (AvgIpc) is 3.07. The summed E-state index contributed by atoms with van der Waals surface area (Å²) in [6.45, 7) is 8.17. The zero-order chi connectivity index (χ0) is 14.1. The number of rotatable bonds is 6. The number of hydrogen-bond donors (Lipinski definition) is 2. The van der Waals surface area contributed by atoms with Gasteiger partial charge in [-0.15, -0.1) is 0 Å². The van der Waals surface area contributed by atoms with Gasteiger partial charge in [-0.1, -0.05) is 0 Å². The van der Waals surface area contributed by atoms with Crippen LogP contribution < -0.4 is 5.32 Å². The summed E-state index contributed by atoms with van der Waals surface area (Å²) in [6, 6.07) is 2.49. The van der Waals surface area contributed by atoms with E-state index < -0.39 is 0 Å². The molecule has 1 atom stereocenters. The van der Waals surface area contributed by atoms with E-state index in [2.05, 4.69) is 47.5 Å². The fourth-order valence-electron chi connectivity index (χ4n) is 2.64. The van der Waals surface area contributed by atoms with Gasteiger partial charge < -0.3 is 5.32 Å². The quantitative estimate of drug-likeness (QED) is 0.850. The van der Waals surface area contributed by atoms with Crippen LogP contribution in [0.25, 0.3) is 0 Å². The molecule has 1 aliphatic carbocycles. The molecule has 1 fully saturated rings. The summed E-state index contributed by atoms with van der Waals surface area (Å²) in [4.78, 5) is 0. The first kappa shape index (κ1) is 13.4. The fraction of sp³-hybridized carbons (Fsp3) is 0.600. The van der Waals surface area contributed by atoms with Gasteiger partial charge in [-0.2, -0.15) is 10.2 Å². The second-order valence-electron chi connectivity index (χ2n) is 5.70. The van der Waals surface area contributed by atoms with E-state index in [4.69, 9.17) is 0 Å². The third-order valence-electron chi connectivity index (χ3n) is 4.15. The fourth-order valence-corrected chi connectivity index (χ4v) is 2.64. The molecule has 2 heterocycles. The summed E-state index contributed by atoms with van der Waals surface area (Å²) in [6.07, 6.45) is 4.56. The van der Waals surface area contributed by atoms with Gasteiger partial charge in [0.25, 0.3) is 0 Å². The SMILES string of the molecule is CCn1ncc(C(C)NCc2cc(C3CC3)n[nH]2)c1C. The Hall–Kier alpha value is -1.62. The molecule has 108 valence electrons. The van der Waals surface area contributed by atoms with Crippen LogP contribution in [0.3, 0.4) is 0 Å². The van der Waals surface area contributed by atoms with Crippen LogP contribution in [0.4, 0.5) is 0 Å². The van der Waals surface area contributed by atoms with Gasteiger partial charge in [0.2, 0.25) is 0 Å². The van der Waals surface area contributed by atoms with Crippen LogP contribution in [0.15, 0.2) is 12.3 Å². The lowest BCUT2D eigenvalue weighted by Gasteiger charge is -2.13. The lowest BCUT2D eigenvalue weighted by molar-refractivity contribution is 0.560. The largest absolute Gasteiger partial charge is 0.304 e. The minimum Gasteiger partial charge on any atom is -0.304 e. The van der Waals surface area contributed by atoms with Crippen molar-refractivity contribution in [3.63, 3.8) is 0 Å². The summed E-state index contributed by atoms with van der Waals surface area (Å²) in [7, 11) is 0. The van der Waals surface area contributed by atoms with Crippen LogP contribution >= 0.6 is 0 Å². The van der Waals surface area contributed by atoms with Crippen LogP contribution in [0.1, 0.15) is 61.3 Å². The van der Waals surface area contributed by atoms with E-state index >= 15 is 0 Å². The maximum absolute atomic E-state index is 4.40. The van der Waals surface area contributed by atoms with E-state index in [1.165, 1.54) is 35.5 Å². The van der Waals surface area contributed by atoms with Crippen molar-refractivity contribution in [1.29, 1.82) is 0 Å². The molecule has 1 unspecified atom stereocenters. The van der Waals surface area contributed by atoms with Crippen molar-refractivity contribution in [3.8, 4) is 0 Å². The monoisotopic (exact) mass is 273 g/mol. The summed E-state index contributed by atoms with van der Waals surface area (Å²) in [5.41, 5.74) is 4.91. The van der Waals surface area contributed by atoms with Crippen LogP contribution in [0, 0.1) is 6.92 Å². The molecule has 2 N–H and O–H groups in total. The zero-order valence-corrected chi connectivity index (χ0v) is 12.5. The van der Waals surface area contributed by atoms with Crippen molar-refractivity contribution < 1.29 is 0 Å². The minimum absolute atomic E-state index is 0.294. The van der Waals surface area contributed by atoms with E-state index in [0.717, 1.165) is 13.1 Å². The highest BCUT2D eigenvalue weighted by atomic mass is 15.3. The van der Waals surface area contributed by atoms with Crippen LogP contribution in [0.2, 0.25) is 0 Å². The van der Waals surface area contributed by atoms with E-state index in [0.29, 0.717) is 12.0 Å². The standard InChI is InChI=1S/C15H23N5/c1-4-20-11(3)14(9-17-20)10(2)16-8-13-7-15(19-18-13)12-5-6-12/h7,9-10,12,16H,4-6,8H2,1-3H3,(H,18,19). The Labute approximate surface area is 119 Å². The molecule has 0 bridgehead atoms. The summed E-state index contributed by atoms with van der Waals surface area (Å²) >= 11 is 0. The molecule has 5 heteroatoms. The molecule has 0 amide bonds. The average molecular weight is 273 g/mol. The van der Waals surface area contributed by atoms with E-state index in [1.807, 2.05) is 10.9 Å². The number of nitrogens with one attached hydrogen (secondary N) is 2. The number of aromatic amines is 1. The zero-order valence-electron chi connectivity index (χ0n) is 12.5. The molecule has 5 nitrogen and oxygen atoms in total. The number of hydrogen-bond acceptors (Lipinski definition) is 3. The van der Waals surface area contributed by atoms with Gasteiger partial charge in [0.05, 0.1) is 11.9 Å². The van der Waals surface area contributed by atoms with Crippen molar-refractivity contribution >= 4 is 0 Å². The highest BCUT2D eigenvalue weighted by molar-refractivity contribution is 5.21. The van der Waals surface area contributed by atoms with Gasteiger partial charge in [0.1, 0.15) is 0 Å². The lowest BCUT2D eigenvalue weighted by atomic mass is 10.1. The number of H-pyrrole nitrogens is 1. The molecule has 0 aliphatic heterocycles. The lowest BCUT2D eigenvalue weighted by Crippen LogP contribution is -2.19. The van der Waals surface area contributed by atoms with Crippen LogP contribution in [-0.2, 0) is 13.1 Å². The van der Waals surface area contributed by atoms with Gasteiger partial charge >= 0.3 is 0 Å². The van der Waals surface area contributed by atoms with Crippen molar-refractivity contribution in [3.05, 3.63) is 34.9 Å². The Balaban J connectivity index is 1.60. The molecular formula is C15H23N5. The molecule has 1 aliphatic rings. The number of aromatic nitrogens is 4. The molecule has 2 aromatic rings. The van der Waals surface area contributed by atoms with Crippen molar-refractivity contribution in [2.45, 2.75) is 58.7 Å². The van der Waals surface area contributed by atoms with Gasteiger partial charge in [0, 0.05) is 42.0 Å². The van der Waals surface area contributed by atoms with E-state index in [1.54, 1.807) is 0 Å². The Morgan fingerprint density at radius 3 is 2.95 bits per heavy atom. The molecular weight excluding hydrogens is 250 g/mol. The molecule has 0 aromatic carbocycles. The second kappa shape index (κ2) is 5.40. The van der Waals surface area contributed by atoms with Gasteiger partial charge in [0.15, 0.2) is 0 Å². The predicted octanol–water partition coefficient (Wildman–Crippen LogP) is 2.66. The first-order valence-corrected chi connectivity index (χ1v) is 7.49. The van der Waals surface area contributed by atoms with Gasteiger partial charge in [-0.25, -0.2) is 0 Å². The molecule has 3 rings (SSSR count). The first-order chi connectivity index (χ1) is 9.69. The molecule has 20 heavy (non-hydrogen) atoms. The molecule has 2 aromatic heterocycles. The third-order valence-corrected chi connectivity index (χ3v) is 4.15. The van der Waals surface area contributed by atoms with E-state index in [-0.39, 0.29) is 0 Å². The maximum Gasteiger partial charge on any atom is 0.0656 e. The molecule has 0 spiro atoms. The minimum atomic E-state index is 0.294. The Kier molecular flexibility index (Phi) is 3.61. The number of nitrogens with zero attached hydrogens (tertiary/aromatic N) is 3. The van der Waals surface area contributed by atoms with Crippen molar-refractivity contribution in [2.24, 2.45) is 0 Å². The highest BCUT2D eigenvalue weighted by Gasteiger charge is 2.26. The highest BCUT2D eigenvalue weighted by Crippen LogP contribution is 2.39. The van der Waals surface area contributed by atoms with Crippen LogP contribution in [0.5, 0.6) is 0 Å². The Morgan fingerprint density at radius 1 is 1.50 bits per heavy atom. The Morgan fingerprint density at radius 2 is 2.30 bits per heavy atom. The molecule has 0 saturated heterocycles. The Bertz CT molecular complexity index is 579. The summed E-state index contributed by atoms with van der Waals surface area (Å²) < 4.78 is 2.04. The predicted molar refractivity (Wildman–Crippen MR) is 78.5 cm³/mol. The van der Waals surface area contributed by atoms with E-state index in [9.17, 15) is 0 Å². The molecule has 1 saturated carbocycles. The molecule has 0 radical (unpaired) electrons. The summed E-state index contributed by atoms with van der Waals surface area (Å²) in [5.74, 6) is 0.711. The first-order valence-electron chi connectivity index (χ1n) is 7.49. The van der Waals surface area contributed by atoms with Crippen molar-refractivity contribution in [2.75, 3.05) is 0 Å². The normalized spacial score (nSPS) is 16.6. The maximum atomic E-state index is 4.40. The van der Waals surface area contributed by atoms with Crippen LogP contribution in [-0.4, -0.2) is 20.0 Å². The van der Waals surface area contributed by atoms with Crippen molar-refractivity contribution in [1.82, 2.24) is 25.3 Å². The third kappa shape index (κ3) is 2.63.